The Morgan fingerprint density at radius 1 is 1.24 bits per heavy atom. The van der Waals surface area contributed by atoms with Crippen molar-refractivity contribution in [2.75, 3.05) is 18.1 Å². The summed E-state index contributed by atoms with van der Waals surface area (Å²) in [6.45, 7) is 1.27. The highest BCUT2D eigenvalue weighted by atomic mass is 32.2. The number of carbonyl (C=O) groups excluding carboxylic acids is 2. The first-order chi connectivity index (χ1) is 9.67. The predicted molar refractivity (Wildman–Crippen MR) is 74.5 cm³/mol. The number of sulfonamides is 1. The Labute approximate surface area is 123 Å². The molecule has 1 unspecified atom stereocenters. The SMILES string of the molecule is CCC1C(=O)NC(=O)CN1S(=O)(=O)C1CCS(=O)(=O)CC1. The maximum absolute atomic E-state index is 12.6. The zero-order valence-electron chi connectivity index (χ0n) is 11.6. The maximum Gasteiger partial charge on any atom is 0.245 e. The molecule has 0 spiro atoms. The van der Waals surface area contributed by atoms with Gasteiger partial charge in [-0.1, -0.05) is 6.92 Å². The molecule has 120 valence electrons. The Morgan fingerprint density at radius 3 is 2.33 bits per heavy atom. The summed E-state index contributed by atoms with van der Waals surface area (Å²) in [6, 6.07) is -0.911. The summed E-state index contributed by atoms with van der Waals surface area (Å²) < 4.78 is 48.9. The van der Waals surface area contributed by atoms with E-state index in [9.17, 15) is 26.4 Å². The predicted octanol–water partition coefficient (Wildman–Crippen LogP) is -1.37. The van der Waals surface area contributed by atoms with Gasteiger partial charge in [0.05, 0.1) is 23.3 Å². The summed E-state index contributed by atoms with van der Waals surface area (Å²) in [5.41, 5.74) is 0. The molecule has 0 saturated carbocycles. The number of hydrogen-bond donors (Lipinski definition) is 1. The van der Waals surface area contributed by atoms with Crippen LogP contribution in [-0.4, -0.2) is 62.3 Å². The molecule has 1 N–H and O–H groups in total. The lowest BCUT2D eigenvalue weighted by atomic mass is 10.2. The summed E-state index contributed by atoms with van der Waals surface area (Å²) in [5.74, 6) is -1.64. The summed E-state index contributed by atoms with van der Waals surface area (Å²) in [5, 5.41) is 1.27. The van der Waals surface area contributed by atoms with E-state index in [4.69, 9.17) is 0 Å². The van der Waals surface area contributed by atoms with Crippen LogP contribution in [0.15, 0.2) is 0 Å². The average Bonchev–Trinajstić information content (AvgIpc) is 2.37. The summed E-state index contributed by atoms with van der Waals surface area (Å²) in [6.07, 6.45) is 0.268. The van der Waals surface area contributed by atoms with Crippen molar-refractivity contribution in [2.24, 2.45) is 0 Å². The first-order valence-corrected chi connectivity index (χ1v) is 10.0. The number of piperazine rings is 1. The van der Waals surface area contributed by atoms with Crippen LogP contribution in [0.4, 0.5) is 0 Å². The summed E-state index contributed by atoms with van der Waals surface area (Å²) >= 11 is 0. The molecule has 0 aliphatic carbocycles. The number of imide groups is 1. The van der Waals surface area contributed by atoms with Crippen LogP contribution in [0, 0.1) is 0 Å². The van der Waals surface area contributed by atoms with E-state index in [-0.39, 0.29) is 30.8 Å². The third kappa shape index (κ3) is 3.27. The molecule has 10 heteroatoms. The van der Waals surface area contributed by atoms with Crippen LogP contribution in [0.3, 0.4) is 0 Å². The Morgan fingerprint density at radius 2 is 1.81 bits per heavy atom. The number of nitrogens with one attached hydrogen (secondary N) is 1. The highest BCUT2D eigenvalue weighted by Gasteiger charge is 2.44. The van der Waals surface area contributed by atoms with Crippen LogP contribution >= 0.6 is 0 Å². The Bertz CT molecular complexity index is 640. The normalized spacial score (nSPS) is 28.3. The first kappa shape index (κ1) is 16.4. The molecule has 2 heterocycles. The molecule has 8 nitrogen and oxygen atoms in total. The molecule has 0 aromatic carbocycles. The van der Waals surface area contributed by atoms with Crippen LogP contribution < -0.4 is 5.32 Å². The molecule has 0 bridgehead atoms. The molecule has 2 fully saturated rings. The van der Waals surface area contributed by atoms with Crippen LogP contribution in [-0.2, 0) is 29.4 Å². The van der Waals surface area contributed by atoms with Crippen molar-refractivity contribution in [1.82, 2.24) is 9.62 Å². The van der Waals surface area contributed by atoms with E-state index in [2.05, 4.69) is 5.32 Å². The molecule has 0 aromatic heterocycles. The highest BCUT2D eigenvalue weighted by molar-refractivity contribution is 7.92. The van der Waals surface area contributed by atoms with E-state index in [1.54, 1.807) is 6.92 Å². The van der Waals surface area contributed by atoms with Crippen LogP contribution in [0.25, 0.3) is 0 Å². The van der Waals surface area contributed by atoms with Crippen molar-refractivity contribution in [1.29, 1.82) is 0 Å². The number of hydrogen-bond acceptors (Lipinski definition) is 6. The minimum Gasteiger partial charge on any atom is -0.294 e. The minimum atomic E-state index is -3.88. The van der Waals surface area contributed by atoms with Gasteiger partial charge in [0.1, 0.15) is 15.9 Å². The maximum atomic E-state index is 12.6. The standard InChI is InChI=1S/C11H18N2O6S2/c1-2-9-11(15)12-10(14)7-13(9)21(18,19)8-3-5-20(16,17)6-4-8/h8-9H,2-7H2,1H3,(H,12,14,15). The monoisotopic (exact) mass is 338 g/mol. The smallest absolute Gasteiger partial charge is 0.245 e. The molecule has 2 rings (SSSR count). The Kier molecular flexibility index (Phi) is 4.41. The molecule has 2 saturated heterocycles. The lowest BCUT2D eigenvalue weighted by molar-refractivity contribution is -0.137. The van der Waals surface area contributed by atoms with Gasteiger partial charge >= 0.3 is 0 Å². The summed E-state index contributed by atoms with van der Waals surface area (Å²) in [4.78, 5) is 23.2. The highest BCUT2D eigenvalue weighted by Crippen LogP contribution is 2.25. The van der Waals surface area contributed by atoms with Gasteiger partial charge in [0.2, 0.25) is 21.8 Å². The summed E-state index contributed by atoms with van der Waals surface area (Å²) in [7, 11) is -7.05. The van der Waals surface area contributed by atoms with E-state index < -0.39 is 49.5 Å². The van der Waals surface area contributed by atoms with E-state index in [0.717, 1.165) is 4.31 Å². The Hall–Kier alpha value is -1.00. The Balaban J connectivity index is 2.25. The van der Waals surface area contributed by atoms with Gasteiger partial charge in [-0.3, -0.25) is 14.9 Å². The molecule has 2 aliphatic heterocycles. The van der Waals surface area contributed by atoms with Crippen molar-refractivity contribution in [3.63, 3.8) is 0 Å². The number of nitrogens with zero attached hydrogens (tertiary/aromatic N) is 1. The lowest BCUT2D eigenvalue weighted by Gasteiger charge is -2.35. The molecular weight excluding hydrogens is 320 g/mol. The molecule has 0 radical (unpaired) electrons. The fourth-order valence-corrected chi connectivity index (χ4v) is 6.56. The third-order valence-electron chi connectivity index (χ3n) is 3.85. The lowest BCUT2D eigenvalue weighted by Crippen LogP contribution is -2.61. The molecule has 2 amide bonds. The van der Waals surface area contributed by atoms with E-state index in [1.807, 2.05) is 0 Å². The third-order valence-corrected chi connectivity index (χ3v) is 7.92. The van der Waals surface area contributed by atoms with Crippen molar-refractivity contribution in [2.45, 2.75) is 37.5 Å². The number of rotatable bonds is 3. The largest absolute Gasteiger partial charge is 0.294 e. The zero-order chi connectivity index (χ0) is 15.8. The topological polar surface area (TPSA) is 118 Å². The quantitative estimate of drug-likeness (QED) is 0.634. The zero-order valence-corrected chi connectivity index (χ0v) is 13.2. The van der Waals surface area contributed by atoms with Crippen LogP contribution in [0.2, 0.25) is 0 Å². The van der Waals surface area contributed by atoms with Crippen LogP contribution in [0.1, 0.15) is 26.2 Å². The molecular formula is C11H18N2O6S2. The van der Waals surface area contributed by atoms with Crippen molar-refractivity contribution in [3.8, 4) is 0 Å². The second kappa shape index (κ2) is 5.65. The van der Waals surface area contributed by atoms with Gasteiger partial charge in [-0.15, -0.1) is 0 Å². The van der Waals surface area contributed by atoms with E-state index in [1.165, 1.54) is 0 Å². The van der Waals surface area contributed by atoms with Gasteiger partial charge < -0.3 is 0 Å². The van der Waals surface area contributed by atoms with Gasteiger partial charge in [-0.2, -0.15) is 4.31 Å². The first-order valence-electron chi connectivity index (χ1n) is 6.72. The van der Waals surface area contributed by atoms with Crippen molar-refractivity contribution < 1.29 is 26.4 Å². The molecule has 1 atom stereocenters. The van der Waals surface area contributed by atoms with Gasteiger partial charge in [0, 0.05) is 0 Å². The number of carbonyl (C=O) groups is 2. The van der Waals surface area contributed by atoms with Gasteiger partial charge in [-0.05, 0) is 19.3 Å². The second-order valence-electron chi connectivity index (χ2n) is 5.28. The van der Waals surface area contributed by atoms with E-state index in [0.29, 0.717) is 0 Å². The number of amides is 2. The molecule has 21 heavy (non-hydrogen) atoms. The minimum absolute atomic E-state index is 0.00735. The van der Waals surface area contributed by atoms with Crippen molar-refractivity contribution >= 4 is 31.7 Å². The van der Waals surface area contributed by atoms with Crippen molar-refractivity contribution in [3.05, 3.63) is 0 Å². The number of sulfone groups is 1. The van der Waals surface area contributed by atoms with Crippen LogP contribution in [0.5, 0.6) is 0 Å². The fraction of sp³-hybridized carbons (Fsp3) is 0.818. The van der Waals surface area contributed by atoms with E-state index >= 15 is 0 Å². The van der Waals surface area contributed by atoms with Gasteiger partial charge in [0.15, 0.2) is 0 Å². The average molecular weight is 338 g/mol. The van der Waals surface area contributed by atoms with Gasteiger partial charge in [0.25, 0.3) is 0 Å². The fourth-order valence-electron chi connectivity index (χ4n) is 2.66. The molecule has 0 aromatic rings. The second-order valence-corrected chi connectivity index (χ2v) is 9.75. The molecule has 2 aliphatic rings. The van der Waals surface area contributed by atoms with Gasteiger partial charge in [-0.25, -0.2) is 16.8 Å².